The predicted octanol–water partition coefficient (Wildman–Crippen LogP) is 0.359. The molecule has 17 heavy (non-hydrogen) atoms. The predicted molar refractivity (Wildman–Crippen MR) is 55.4 cm³/mol. The zero-order valence-electron chi connectivity index (χ0n) is 8.58. The number of nitrogens with zero attached hydrogens (tertiary/aromatic N) is 1. The molecule has 0 fully saturated rings. The zero-order chi connectivity index (χ0) is 12.6. The van der Waals surface area contributed by atoms with Gasteiger partial charge in [0.05, 0.1) is 18.2 Å². The van der Waals surface area contributed by atoms with E-state index in [1.54, 1.807) is 0 Å². The van der Waals surface area contributed by atoms with Crippen molar-refractivity contribution in [2.75, 3.05) is 7.11 Å². The molecule has 0 aliphatic carbocycles. The second-order valence-corrected chi connectivity index (χ2v) is 3.69. The van der Waals surface area contributed by atoms with Crippen molar-refractivity contribution in [2.45, 2.75) is 0 Å². The summed E-state index contributed by atoms with van der Waals surface area (Å²) in [6, 6.07) is 4.25. The smallest absolute Gasteiger partial charge is 0.325 e. The summed E-state index contributed by atoms with van der Waals surface area (Å²) in [6.07, 6.45) is 0. The standard InChI is InChI=1S/C9H7NO6S/c1-15-5-2-3-6-7(4-5)9(12)10(8(6)11)16-17(13)14/h2-4H,1H3,(H,13,14). The first-order valence-electron chi connectivity index (χ1n) is 4.40. The van der Waals surface area contributed by atoms with E-state index in [1.807, 2.05) is 0 Å². The van der Waals surface area contributed by atoms with Gasteiger partial charge in [-0.25, -0.2) is 0 Å². The van der Waals surface area contributed by atoms with Crippen LogP contribution in [0.4, 0.5) is 0 Å². The maximum Gasteiger partial charge on any atom is 0.325 e. The first-order chi connectivity index (χ1) is 8.04. The van der Waals surface area contributed by atoms with Crippen LogP contribution in [0.25, 0.3) is 0 Å². The number of hydroxylamine groups is 2. The molecule has 1 aliphatic heterocycles. The van der Waals surface area contributed by atoms with Gasteiger partial charge >= 0.3 is 11.4 Å². The molecule has 1 heterocycles. The maximum atomic E-state index is 11.7. The van der Waals surface area contributed by atoms with E-state index in [9.17, 15) is 13.8 Å². The van der Waals surface area contributed by atoms with Crippen molar-refractivity contribution < 1.29 is 27.4 Å². The van der Waals surface area contributed by atoms with Crippen LogP contribution in [0.3, 0.4) is 0 Å². The van der Waals surface area contributed by atoms with Crippen LogP contribution in [0, 0.1) is 0 Å². The Morgan fingerprint density at radius 2 is 1.88 bits per heavy atom. The van der Waals surface area contributed by atoms with Crippen LogP contribution in [-0.4, -0.2) is 32.7 Å². The largest absolute Gasteiger partial charge is 0.497 e. The molecule has 1 aromatic carbocycles. The van der Waals surface area contributed by atoms with Gasteiger partial charge in [-0.15, -0.1) is 9.35 Å². The number of benzene rings is 1. The number of amides is 2. The summed E-state index contributed by atoms with van der Waals surface area (Å²) in [7, 11) is 1.42. The van der Waals surface area contributed by atoms with Crippen LogP contribution in [0.1, 0.15) is 20.7 Å². The molecule has 2 rings (SSSR count). The Balaban J connectivity index is 2.42. The number of fused-ring (bicyclic) bond motifs is 1. The molecule has 0 saturated heterocycles. The van der Waals surface area contributed by atoms with Gasteiger partial charge in [0.2, 0.25) is 0 Å². The third kappa shape index (κ3) is 1.93. The molecule has 1 unspecified atom stereocenters. The Kier molecular flexibility index (Phi) is 2.92. The second kappa shape index (κ2) is 4.24. The lowest BCUT2D eigenvalue weighted by Crippen LogP contribution is -2.30. The molecule has 8 heteroatoms. The van der Waals surface area contributed by atoms with Crippen molar-refractivity contribution in [1.82, 2.24) is 5.06 Å². The summed E-state index contributed by atoms with van der Waals surface area (Å²) in [5, 5.41) is 0.250. The number of carbonyl (C=O) groups excluding carboxylic acids is 2. The van der Waals surface area contributed by atoms with Gasteiger partial charge < -0.3 is 4.74 Å². The number of ether oxygens (including phenoxy) is 1. The van der Waals surface area contributed by atoms with Gasteiger partial charge in [-0.3, -0.25) is 14.1 Å². The first kappa shape index (κ1) is 11.7. The lowest BCUT2D eigenvalue weighted by molar-refractivity contribution is -0.0112. The van der Waals surface area contributed by atoms with Crippen molar-refractivity contribution in [1.29, 1.82) is 0 Å². The molecule has 2 amide bonds. The number of carbonyl (C=O) groups is 2. The van der Waals surface area contributed by atoms with Crippen molar-refractivity contribution in [2.24, 2.45) is 0 Å². The van der Waals surface area contributed by atoms with Crippen LogP contribution < -0.4 is 4.74 Å². The number of rotatable bonds is 3. The van der Waals surface area contributed by atoms with Gasteiger partial charge in [0.1, 0.15) is 5.75 Å². The van der Waals surface area contributed by atoms with Crippen molar-refractivity contribution in [3.8, 4) is 5.75 Å². The average molecular weight is 257 g/mol. The normalized spacial score (nSPS) is 16.0. The van der Waals surface area contributed by atoms with E-state index in [0.29, 0.717) is 5.75 Å². The van der Waals surface area contributed by atoms with Gasteiger partial charge in [-0.05, 0) is 18.2 Å². The monoisotopic (exact) mass is 257 g/mol. The molecule has 1 aromatic rings. The molecule has 0 radical (unpaired) electrons. The fourth-order valence-electron chi connectivity index (χ4n) is 1.46. The zero-order valence-corrected chi connectivity index (χ0v) is 9.39. The number of methoxy groups -OCH3 is 1. The molecule has 0 saturated carbocycles. The van der Waals surface area contributed by atoms with Gasteiger partial charge in [0, 0.05) is 0 Å². The van der Waals surface area contributed by atoms with E-state index in [1.165, 1.54) is 25.3 Å². The quantitative estimate of drug-likeness (QED) is 0.620. The van der Waals surface area contributed by atoms with Crippen LogP contribution in [-0.2, 0) is 15.6 Å². The Labute approximate surface area is 98.4 Å². The van der Waals surface area contributed by atoms with Crippen LogP contribution in [0.2, 0.25) is 0 Å². The lowest BCUT2D eigenvalue weighted by atomic mass is 10.1. The van der Waals surface area contributed by atoms with Crippen LogP contribution in [0.5, 0.6) is 5.75 Å². The SMILES string of the molecule is COc1ccc2c(c1)C(=O)N(OS(=O)O)C2=O. The van der Waals surface area contributed by atoms with E-state index in [-0.39, 0.29) is 16.2 Å². The van der Waals surface area contributed by atoms with Crippen molar-refractivity contribution >= 4 is 23.2 Å². The molecule has 7 nitrogen and oxygen atoms in total. The molecule has 1 N–H and O–H groups in total. The minimum Gasteiger partial charge on any atom is -0.497 e. The van der Waals surface area contributed by atoms with E-state index in [0.717, 1.165) is 0 Å². The van der Waals surface area contributed by atoms with Crippen molar-refractivity contribution in [3.05, 3.63) is 29.3 Å². The Morgan fingerprint density at radius 1 is 1.24 bits per heavy atom. The highest BCUT2D eigenvalue weighted by atomic mass is 32.2. The summed E-state index contributed by atoms with van der Waals surface area (Å²) < 4.78 is 28.1. The summed E-state index contributed by atoms with van der Waals surface area (Å²) in [5.41, 5.74) is 0.168. The van der Waals surface area contributed by atoms with E-state index in [4.69, 9.17) is 9.29 Å². The highest BCUT2D eigenvalue weighted by Crippen LogP contribution is 2.26. The summed E-state index contributed by atoms with van der Waals surface area (Å²) in [6.45, 7) is 0. The number of hydrogen-bond donors (Lipinski definition) is 1. The molecule has 1 atom stereocenters. The van der Waals surface area contributed by atoms with Gasteiger partial charge in [-0.1, -0.05) is 0 Å². The Morgan fingerprint density at radius 3 is 2.47 bits per heavy atom. The van der Waals surface area contributed by atoms with E-state index < -0.39 is 23.2 Å². The first-order valence-corrected chi connectivity index (χ1v) is 5.44. The Bertz CT molecular complexity index is 528. The fraction of sp³-hybridized carbons (Fsp3) is 0.111. The van der Waals surface area contributed by atoms with E-state index in [2.05, 4.69) is 4.28 Å². The fourth-order valence-corrected chi connectivity index (χ4v) is 1.72. The van der Waals surface area contributed by atoms with Crippen LogP contribution >= 0.6 is 0 Å². The second-order valence-electron chi connectivity index (χ2n) is 3.11. The van der Waals surface area contributed by atoms with Crippen LogP contribution in [0.15, 0.2) is 18.2 Å². The number of hydrogen-bond acceptors (Lipinski definition) is 5. The van der Waals surface area contributed by atoms with Gasteiger partial charge in [0.15, 0.2) is 0 Å². The Hall–Kier alpha value is -1.77. The molecule has 0 spiro atoms. The molecular formula is C9H7NO6S. The molecule has 0 bridgehead atoms. The molecule has 0 aromatic heterocycles. The number of imide groups is 1. The summed E-state index contributed by atoms with van der Waals surface area (Å²) in [5.74, 6) is -1.18. The van der Waals surface area contributed by atoms with E-state index >= 15 is 0 Å². The average Bonchev–Trinajstić information content (AvgIpc) is 2.53. The maximum absolute atomic E-state index is 11.7. The highest BCUT2D eigenvalue weighted by molar-refractivity contribution is 7.74. The molecule has 1 aliphatic rings. The lowest BCUT2D eigenvalue weighted by Gasteiger charge is -2.07. The topological polar surface area (TPSA) is 93.1 Å². The third-order valence-electron chi connectivity index (χ3n) is 2.19. The summed E-state index contributed by atoms with van der Waals surface area (Å²) in [4.78, 5) is 23.3. The van der Waals surface area contributed by atoms with Gasteiger partial charge in [-0.2, -0.15) is 4.21 Å². The molecular weight excluding hydrogens is 250 g/mol. The van der Waals surface area contributed by atoms with Gasteiger partial charge in [0.25, 0.3) is 11.8 Å². The van der Waals surface area contributed by atoms with Crippen molar-refractivity contribution in [3.63, 3.8) is 0 Å². The highest BCUT2D eigenvalue weighted by Gasteiger charge is 2.38. The minimum atomic E-state index is -2.74. The summed E-state index contributed by atoms with van der Waals surface area (Å²) >= 11 is -2.74. The minimum absolute atomic E-state index is 0.0693. The molecule has 90 valence electrons. The third-order valence-corrected chi connectivity index (χ3v) is 2.47.